The quantitative estimate of drug-likeness (QED) is 0.764. The van der Waals surface area contributed by atoms with Crippen molar-refractivity contribution in [3.63, 3.8) is 0 Å². The topological polar surface area (TPSA) is 90.7 Å². The van der Waals surface area contributed by atoms with Gasteiger partial charge in [0.2, 0.25) is 0 Å². The lowest BCUT2D eigenvalue weighted by atomic mass is 9.82. The predicted octanol–water partition coefficient (Wildman–Crippen LogP) is 1.77. The molecule has 0 saturated heterocycles. The third-order valence-electron chi connectivity index (χ3n) is 3.67. The molecule has 0 fully saturated rings. The van der Waals surface area contributed by atoms with Gasteiger partial charge in [0.25, 0.3) is 0 Å². The van der Waals surface area contributed by atoms with Crippen molar-refractivity contribution >= 4 is 0 Å². The third-order valence-corrected chi connectivity index (χ3v) is 3.67. The Kier molecular flexibility index (Phi) is 3.91. The molecule has 0 spiro atoms. The Morgan fingerprint density at radius 2 is 1.23 bits per heavy atom. The molecule has 0 aliphatic heterocycles. The molecule has 3 aromatic rings. The fourth-order valence-electron chi connectivity index (χ4n) is 2.46. The second-order valence-corrected chi connectivity index (χ2v) is 5.03. The minimum atomic E-state index is -1.06. The van der Waals surface area contributed by atoms with E-state index >= 15 is 0 Å². The first kappa shape index (κ1) is 14.3. The van der Waals surface area contributed by atoms with Gasteiger partial charge in [0.15, 0.2) is 0 Å². The SMILES string of the molecule is NC(c1ccccn1)C(N)(c1ccccn1)c1ccccn1. The fraction of sp³-hybridized carbons (Fsp3) is 0.118. The van der Waals surface area contributed by atoms with Crippen LogP contribution in [0, 0.1) is 0 Å². The van der Waals surface area contributed by atoms with E-state index in [1.54, 1.807) is 18.6 Å². The molecule has 1 unspecified atom stereocenters. The van der Waals surface area contributed by atoms with Crippen molar-refractivity contribution in [2.75, 3.05) is 0 Å². The van der Waals surface area contributed by atoms with E-state index in [-0.39, 0.29) is 0 Å². The summed E-state index contributed by atoms with van der Waals surface area (Å²) in [6.07, 6.45) is 5.10. The van der Waals surface area contributed by atoms with Crippen molar-refractivity contribution in [2.45, 2.75) is 11.6 Å². The van der Waals surface area contributed by atoms with Crippen LogP contribution in [0.1, 0.15) is 23.1 Å². The van der Waals surface area contributed by atoms with Gasteiger partial charge in [0.05, 0.1) is 23.1 Å². The summed E-state index contributed by atoms with van der Waals surface area (Å²) in [5.41, 5.74) is 14.2. The van der Waals surface area contributed by atoms with E-state index in [2.05, 4.69) is 15.0 Å². The molecule has 3 aromatic heterocycles. The van der Waals surface area contributed by atoms with Crippen LogP contribution in [0.2, 0.25) is 0 Å². The Balaban J connectivity index is 2.16. The lowest BCUT2D eigenvalue weighted by Crippen LogP contribution is -2.49. The Labute approximate surface area is 129 Å². The number of pyridine rings is 3. The van der Waals surface area contributed by atoms with Crippen molar-refractivity contribution in [2.24, 2.45) is 11.5 Å². The van der Waals surface area contributed by atoms with E-state index in [4.69, 9.17) is 11.5 Å². The molecule has 0 aromatic carbocycles. The second-order valence-electron chi connectivity index (χ2n) is 5.03. The molecule has 4 N–H and O–H groups in total. The average Bonchev–Trinajstić information content (AvgIpc) is 2.62. The molecule has 0 aliphatic carbocycles. The normalized spacial score (nSPS) is 12.8. The molecule has 22 heavy (non-hydrogen) atoms. The molecule has 3 rings (SSSR count). The number of nitrogens with zero attached hydrogens (tertiary/aromatic N) is 3. The molecular weight excluding hydrogens is 274 g/mol. The van der Waals surface area contributed by atoms with Crippen LogP contribution in [0.3, 0.4) is 0 Å². The lowest BCUT2D eigenvalue weighted by Gasteiger charge is -2.33. The highest BCUT2D eigenvalue weighted by atomic mass is 15.0. The van der Waals surface area contributed by atoms with Gasteiger partial charge in [0, 0.05) is 18.6 Å². The number of hydrogen-bond donors (Lipinski definition) is 2. The summed E-state index contributed by atoms with van der Waals surface area (Å²) in [4.78, 5) is 13.1. The molecule has 3 heterocycles. The van der Waals surface area contributed by atoms with Gasteiger partial charge in [-0.1, -0.05) is 18.2 Å². The molecule has 5 heteroatoms. The summed E-state index contributed by atoms with van der Waals surface area (Å²) >= 11 is 0. The lowest BCUT2D eigenvalue weighted by molar-refractivity contribution is 0.403. The van der Waals surface area contributed by atoms with E-state index in [0.29, 0.717) is 17.1 Å². The number of rotatable bonds is 4. The summed E-state index contributed by atoms with van der Waals surface area (Å²) < 4.78 is 0. The zero-order valence-electron chi connectivity index (χ0n) is 12.0. The largest absolute Gasteiger partial charge is 0.320 e. The minimum Gasteiger partial charge on any atom is -0.320 e. The molecule has 1 atom stereocenters. The van der Waals surface area contributed by atoms with E-state index in [9.17, 15) is 0 Å². The first-order valence-corrected chi connectivity index (χ1v) is 7.01. The van der Waals surface area contributed by atoms with Gasteiger partial charge < -0.3 is 11.5 Å². The van der Waals surface area contributed by atoms with Gasteiger partial charge in [-0.3, -0.25) is 15.0 Å². The maximum atomic E-state index is 6.73. The predicted molar refractivity (Wildman–Crippen MR) is 84.6 cm³/mol. The molecule has 110 valence electrons. The highest BCUT2D eigenvalue weighted by Gasteiger charge is 2.40. The zero-order valence-corrected chi connectivity index (χ0v) is 12.0. The summed E-state index contributed by atoms with van der Waals surface area (Å²) in [7, 11) is 0. The molecule has 0 amide bonds. The van der Waals surface area contributed by atoms with Gasteiger partial charge >= 0.3 is 0 Å². The average molecular weight is 291 g/mol. The zero-order chi connectivity index (χ0) is 15.4. The van der Waals surface area contributed by atoms with Crippen molar-refractivity contribution in [3.8, 4) is 0 Å². The number of aromatic nitrogens is 3. The van der Waals surface area contributed by atoms with E-state index < -0.39 is 11.6 Å². The van der Waals surface area contributed by atoms with E-state index in [0.717, 1.165) is 0 Å². The maximum Gasteiger partial charge on any atom is 0.122 e. The highest BCUT2D eigenvalue weighted by molar-refractivity contribution is 5.35. The molecule has 0 radical (unpaired) electrons. The summed E-state index contributed by atoms with van der Waals surface area (Å²) in [5.74, 6) is 0. The number of nitrogens with two attached hydrogens (primary N) is 2. The first-order valence-electron chi connectivity index (χ1n) is 7.01. The standard InChI is InChI=1S/C17H17N5/c18-16(13-7-1-4-10-20-13)17(19,14-8-2-5-11-21-14)15-9-3-6-12-22-15/h1-12,16H,18-19H2. The third kappa shape index (κ3) is 2.47. The van der Waals surface area contributed by atoms with Crippen LogP contribution in [0.4, 0.5) is 0 Å². The molecule has 0 saturated carbocycles. The fourth-order valence-corrected chi connectivity index (χ4v) is 2.46. The van der Waals surface area contributed by atoms with Crippen molar-refractivity contribution in [1.29, 1.82) is 0 Å². The molecular formula is C17H17N5. The highest BCUT2D eigenvalue weighted by Crippen LogP contribution is 2.34. The Morgan fingerprint density at radius 3 is 1.64 bits per heavy atom. The van der Waals surface area contributed by atoms with Crippen LogP contribution in [-0.2, 0) is 5.54 Å². The van der Waals surface area contributed by atoms with Crippen LogP contribution >= 0.6 is 0 Å². The van der Waals surface area contributed by atoms with E-state index in [1.165, 1.54) is 0 Å². The van der Waals surface area contributed by atoms with E-state index in [1.807, 2.05) is 54.6 Å². The van der Waals surface area contributed by atoms with Crippen molar-refractivity contribution in [1.82, 2.24) is 15.0 Å². The first-order chi connectivity index (χ1) is 10.7. The Morgan fingerprint density at radius 1 is 0.727 bits per heavy atom. The molecule has 0 bridgehead atoms. The van der Waals surface area contributed by atoms with Crippen LogP contribution in [0.15, 0.2) is 73.2 Å². The smallest absolute Gasteiger partial charge is 0.122 e. The van der Waals surface area contributed by atoms with Crippen LogP contribution in [0.25, 0.3) is 0 Å². The van der Waals surface area contributed by atoms with Crippen molar-refractivity contribution < 1.29 is 0 Å². The summed E-state index contributed by atoms with van der Waals surface area (Å²) in [6.45, 7) is 0. The summed E-state index contributed by atoms with van der Waals surface area (Å²) in [6, 6.07) is 16.2. The van der Waals surface area contributed by atoms with Gasteiger partial charge in [-0.05, 0) is 36.4 Å². The van der Waals surface area contributed by atoms with Gasteiger partial charge in [-0.15, -0.1) is 0 Å². The van der Waals surface area contributed by atoms with Gasteiger partial charge in [-0.25, -0.2) is 0 Å². The monoisotopic (exact) mass is 291 g/mol. The molecule has 5 nitrogen and oxygen atoms in total. The minimum absolute atomic E-state index is 0.571. The Bertz CT molecular complexity index is 676. The van der Waals surface area contributed by atoms with Crippen LogP contribution < -0.4 is 11.5 Å². The summed E-state index contributed by atoms with van der Waals surface area (Å²) in [5, 5.41) is 0. The second kappa shape index (κ2) is 6.01. The Hall–Kier alpha value is -2.63. The van der Waals surface area contributed by atoms with Gasteiger partial charge in [0.1, 0.15) is 5.54 Å². The van der Waals surface area contributed by atoms with Crippen LogP contribution in [0.5, 0.6) is 0 Å². The van der Waals surface area contributed by atoms with Crippen molar-refractivity contribution in [3.05, 3.63) is 90.3 Å². The van der Waals surface area contributed by atoms with Crippen LogP contribution in [-0.4, -0.2) is 15.0 Å². The molecule has 0 aliphatic rings. The maximum absolute atomic E-state index is 6.73. The van der Waals surface area contributed by atoms with Gasteiger partial charge in [-0.2, -0.15) is 0 Å². The number of hydrogen-bond acceptors (Lipinski definition) is 5.